The van der Waals surface area contributed by atoms with Crippen molar-refractivity contribution in [2.75, 3.05) is 13.7 Å². The highest BCUT2D eigenvalue weighted by molar-refractivity contribution is 6.31. The summed E-state index contributed by atoms with van der Waals surface area (Å²) in [6, 6.07) is 11.6. The van der Waals surface area contributed by atoms with Gasteiger partial charge in [0.2, 0.25) is 5.88 Å². The van der Waals surface area contributed by atoms with Gasteiger partial charge in [0, 0.05) is 29.9 Å². The van der Waals surface area contributed by atoms with Crippen molar-refractivity contribution in [2.45, 2.75) is 20.0 Å². The Bertz CT molecular complexity index is 661. The van der Waals surface area contributed by atoms with Gasteiger partial charge in [0.05, 0.1) is 13.7 Å². The Balaban J connectivity index is 2.04. The molecule has 0 atom stereocenters. The molecule has 0 fully saturated rings. The zero-order valence-corrected chi connectivity index (χ0v) is 14.1. The third kappa shape index (κ3) is 5.14. The molecule has 0 saturated carbocycles. The van der Waals surface area contributed by atoms with E-state index in [9.17, 15) is 0 Å². The van der Waals surface area contributed by atoms with Crippen LogP contribution in [0, 0.1) is 0 Å². The van der Waals surface area contributed by atoms with Gasteiger partial charge >= 0.3 is 0 Å². The van der Waals surface area contributed by atoms with Crippen LogP contribution in [-0.4, -0.2) is 24.6 Å². The predicted molar refractivity (Wildman–Crippen MR) is 93.9 cm³/mol. The van der Waals surface area contributed by atoms with Crippen molar-refractivity contribution in [3.05, 3.63) is 58.7 Å². The van der Waals surface area contributed by atoms with E-state index in [4.69, 9.17) is 16.3 Å². The van der Waals surface area contributed by atoms with Gasteiger partial charge in [-0.05, 0) is 24.6 Å². The first-order valence-corrected chi connectivity index (χ1v) is 7.85. The molecule has 2 rings (SSSR count). The van der Waals surface area contributed by atoms with Crippen LogP contribution >= 0.6 is 11.6 Å². The molecule has 0 saturated heterocycles. The minimum atomic E-state index is 0.481. The van der Waals surface area contributed by atoms with E-state index in [2.05, 4.69) is 20.6 Å². The SMILES string of the molecule is CCNC(=NCc1cccnc1OC)NCc1ccccc1Cl. The van der Waals surface area contributed by atoms with E-state index >= 15 is 0 Å². The average molecular weight is 333 g/mol. The first kappa shape index (κ1) is 17.1. The predicted octanol–water partition coefficient (Wildman–Crippen LogP) is 3.00. The number of rotatable bonds is 6. The van der Waals surface area contributed by atoms with Crippen LogP contribution in [0.1, 0.15) is 18.1 Å². The second kappa shape index (κ2) is 9.00. The molecule has 23 heavy (non-hydrogen) atoms. The number of aliphatic imine (C=N–C) groups is 1. The van der Waals surface area contributed by atoms with Gasteiger partial charge in [0.1, 0.15) is 0 Å². The van der Waals surface area contributed by atoms with Crippen molar-refractivity contribution < 1.29 is 4.74 Å². The van der Waals surface area contributed by atoms with Crippen LogP contribution in [0.2, 0.25) is 5.02 Å². The number of hydrogen-bond donors (Lipinski definition) is 2. The molecule has 122 valence electrons. The number of nitrogens with zero attached hydrogens (tertiary/aromatic N) is 2. The van der Waals surface area contributed by atoms with Crippen LogP contribution in [0.3, 0.4) is 0 Å². The lowest BCUT2D eigenvalue weighted by Gasteiger charge is -2.12. The summed E-state index contributed by atoms with van der Waals surface area (Å²) in [5.41, 5.74) is 1.96. The lowest BCUT2D eigenvalue weighted by Crippen LogP contribution is -2.36. The topological polar surface area (TPSA) is 58.5 Å². The second-order valence-corrected chi connectivity index (χ2v) is 5.22. The molecule has 0 unspecified atom stereocenters. The molecule has 0 amide bonds. The molecule has 2 aromatic rings. The Morgan fingerprint density at radius 3 is 2.70 bits per heavy atom. The van der Waals surface area contributed by atoms with E-state index in [0.717, 1.165) is 28.7 Å². The number of pyridine rings is 1. The van der Waals surface area contributed by atoms with Crippen molar-refractivity contribution in [1.82, 2.24) is 15.6 Å². The molecule has 0 radical (unpaired) electrons. The minimum absolute atomic E-state index is 0.481. The van der Waals surface area contributed by atoms with Crippen LogP contribution in [0.25, 0.3) is 0 Å². The molecule has 0 spiro atoms. The summed E-state index contributed by atoms with van der Waals surface area (Å²) in [7, 11) is 1.61. The van der Waals surface area contributed by atoms with Crippen molar-refractivity contribution in [1.29, 1.82) is 0 Å². The minimum Gasteiger partial charge on any atom is -0.481 e. The zero-order chi connectivity index (χ0) is 16.5. The summed E-state index contributed by atoms with van der Waals surface area (Å²) in [6.07, 6.45) is 1.70. The van der Waals surface area contributed by atoms with Gasteiger partial charge in [-0.2, -0.15) is 0 Å². The van der Waals surface area contributed by atoms with Crippen LogP contribution in [-0.2, 0) is 13.1 Å². The van der Waals surface area contributed by atoms with Crippen molar-refractivity contribution in [3.8, 4) is 5.88 Å². The molecule has 2 N–H and O–H groups in total. The molecule has 0 aliphatic carbocycles. The highest BCUT2D eigenvalue weighted by Crippen LogP contribution is 2.15. The van der Waals surface area contributed by atoms with Gasteiger partial charge in [-0.25, -0.2) is 9.98 Å². The third-order valence-electron chi connectivity index (χ3n) is 3.20. The number of methoxy groups -OCH3 is 1. The van der Waals surface area contributed by atoms with Crippen molar-refractivity contribution in [3.63, 3.8) is 0 Å². The van der Waals surface area contributed by atoms with Gasteiger partial charge < -0.3 is 15.4 Å². The lowest BCUT2D eigenvalue weighted by molar-refractivity contribution is 0.392. The fourth-order valence-corrected chi connectivity index (χ4v) is 2.26. The Morgan fingerprint density at radius 2 is 1.96 bits per heavy atom. The van der Waals surface area contributed by atoms with Crippen LogP contribution < -0.4 is 15.4 Å². The second-order valence-electron chi connectivity index (χ2n) is 4.81. The first-order chi connectivity index (χ1) is 11.2. The van der Waals surface area contributed by atoms with Gasteiger partial charge in [0.25, 0.3) is 0 Å². The Morgan fingerprint density at radius 1 is 1.17 bits per heavy atom. The van der Waals surface area contributed by atoms with E-state index in [-0.39, 0.29) is 0 Å². The van der Waals surface area contributed by atoms with Gasteiger partial charge in [-0.15, -0.1) is 0 Å². The van der Waals surface area contributed by atoms with Crippen molar-refractivity contribution >= 4 is 17.6 Å². The number of benzene rings is 1. The molecule has 5 nitrogen and oxygen atoms in total. The van der Waals surface area contributed by atoms with E-state index in [1.165, 1.54) is 0 Å². The number of nitrogens with one attached hydrogen (secondary N) is 2. The monoisotopic (exact) mass is 332 g/mol. The van der Waals surface area contributed by atoms with Crippen LogP contribution in [0.4, 0.5) is 0 Å². The van der Waals surface area contributed by atoms with Gasteiger partial charge in [0.15, 0.2) is 5.96 Å². The highest BCUT2D eigenvalue weighted by Gasteiger charge is 2.04. The maximum Gasteiger partial charge on any atom is 0.218 e. The Kier molecular flexibility index (Phi) is 6.69. The molecule has 0 aliphatic heterocycles. The molecule has 6 heteroatoms. The zero-order valence-electron chi connectivity index (χ0n) is 13.3. The molecule has 1 aromatic carbocycles. The van der Waals surface area contributed by atoms with Gasteiger partial charge in [-0.3, -0.25) is 0 Å². The summed E-state index contributed by atoms with van der Waals surface area (Å²) >= 11 is 6.17. The van der Waals surface area contributed by atoms with Crippen LogP contribution in [0.5, 0.6) is 5.88 Å². The molecule has 1 aromatic heterocycles. The normalized spacial score (nSPS) is 11.2. The summed E-state index contributed by atoms with van der Waals surface area (Å²) in [5, 5.41) is 7.23. The number of ether oxygens (including phenoxy) is 1. The standard InChI is InChI=1S/C17H21ClN4O/c1-3-19-17(21-11-13-7-4-5-9-15(13)18)22-12-14-8-6-10-20-16(14)23-2/h4-10H,3,11-12H2,1-2H3,(H2,19,21,22). The van der Waals surface area contributed by atoms with E-state index in [1.807, 2.05) is 43.3 Å². The fraction of sp³-hybridized carbons (Fsp3) is 0.294. The third-order valence-corrected chi connectivity index (χ3v) is 3.57. The first-order valence-electron chi connectivity index (χ1n) is 7.48. The largest absolute Gasteiger partial charge is 0.481 e. The number of hydrogen-bond acceptors (Lipinski definition) is 3. The molecule has 1 heterocycles. The average Bonchev–Trinajstić information content (AvgIpc) is 2.59. The summed E-state index contributed by atoms with van der Waals surface area (Å²) in [4.78, 5) is 8.74. The lowest BCUT2D eigenvalue weighted by atomic mass is 10.2. The molecule has 0 aliphatic rings. The van der Waals surface area contributed by atoms with Crippen molar-refractivity contribution in [2.24, 2.45) is 4.99 Å². The molecular weight excluding hydrogens is 312 g/mol. The maximum atomic E-state index is 6.17. The van der Waals surface area contributed by atoms with Gasteiger partial charge in [-0.1, -0.05) is 35.9 Å². The van der Waals surface area contributed by atoms with E-state index in [0.29, 0.717) is 19.0 Å². The Hall–Kier alpha value is -2.27. The van der Waals surface area contributed by atoms with Crippen LogP contribution in [0.15, 0.2) is 47.6 Å². The smallest absolute Gasteiger partial charge is 0.218 e. The number of halogens is 1. The van der Waals surface area contributed by atoms with E-state index in [1.54, 1.807) is 13.3 Å². The number of guanidine groups is 1. The number of aromatic nitrogens is 1. The Labute approximate surface area is 141 Å². The highest BCUT2D eigenvalue weighted by atomic mass is 35.5. The quantitative estimate of drug-likeness (QED) is 0.630. The summed E-state index contributed by atoms with van der Waals surface area (Å²) < 4.78 is 5.24. The molecule has 0 bridgehead atoms. The summed E-state index contributed by atoms with van der Waals surface area (Å²) in [6.45, 7) is 3.89. The summed E-state index contributed by atoms with van der Waals surface area (Å²) in [5.74, 6) is 1.32. The fourth-order valence-electron chi connectivity index (χ4n) is 2.05. The van der Waals surface area contributed by atoms with E-state index < -0.39 is 0 Å². The maximum absolute atomic E-state index is 6.17. The molecular formula is C17H21ClN4O.